The summed E-state index contributed by atoms with van der Waals surface area (Å²) in [5.74, 6) is 1.06. The molecule has 1 heterocycles. The van der Waals surface area contributed by atoms with Crippen LogP contribution in [0.15, 0.2) is 53.6 Å². The number of terminal acetylenes is 1. The Kier molecular flexibility index (Phi) is 10.2. The first-order chi connectivity index (χ1) is 16.6. The number of amides is 1. The molecule has 36 heavy (non-hydrogen) atoms. The number of sulfonamides is 1. The Hall–Kier alpha value is -3.17. The number of anilines is 4. The summed E-state index contributed by atoms with van der Waals surface area (Å²) in [6.45, 7) is 4.93. The average molecular weight is 522 g/mol. The van der Waals surface area contributed by atoms with Crippen LogP contribution >= 0.6 is 0 Å². The summed E-state index contributed by atoms with van der Waals surface area (Å²) in [5, 5.41) is 5.71. The molecule has 2 aromatic carbocycles. The molecule has 3 N–H and O–H groups in total. The maximum Gasteiger partial charge on any atom is 1.00 e. The Morgan fingerprint density at radius 2 is 1.83 bits per heavy atom. The summed E-state index contributed by atoms with van der Waals surface area (Å²) in [7, 11) is -4.09. The number of halogens is 1. The van der Waals surface area contributed by atoms with Gasteiger partial charge in [0.25, 0.3) is 10.0 Å². The van der Waals surface area contributed by atoms with Gasteiger partial charge >= 0.3 is 29.6 Å². The number of nitrogens with one attached hydrogen (secondary N) is 3. The summed E-state index contributed by atoms with van der Waals surface area (Å²) in [6, 6.07) is 11.2. The molecule has 1 amide bonds. The smallest absolute Gasteiger partial charge is 1.00 e. The van der Waals surface area contributed by atoms with Crippen LogP contribution in [0.25, 0.3) is 0 Å². The van der Waals surface area contributed by atoms with E-state index in [-0.39, 0.29) is 54.3 Å². The molecule has 0 aliphatic carbocycles. The number of aryl methyl sites for hydroxylation is 1. The van der Waals surface area contributed by atoms with Gasteiger partial charge in [-0.05, 0) is 48.9 Å². The summed E-state index contributed by atoms with van der Waals surface area (Å²) in [5.41, 5.74) is 1.32. The van der Waals surface area contributed by atoms with Gasteiger partial charge in [0.15, 0.2) is 11.6 Å². The summed E-state index contributed by atoms with van der Waals surface area (Å²) >= 11 is 0. The van der Waals surface area contributed by atoms with E-state index in [0.717, 1.165) is 6.20 Å². The van der Waals surface area contributed by atoms with Gasteiger partial charge in [-0.15, -0.1) is 6.42 Å². The Labute approximate surface area is 233 Å². The van der Waals surface area contributed by atoms with Crippen molar-refractivity contribution in [3.05, 3.63) is 60.0 Å². The number of benzene rings is 2. The molecule has 184 valence electrons. The Morgan fingerprint density at radius 1 is 1.17 bits per heavy atom. The molecule has 12 heteroatoms. The monoisotopic (exact) mass is 521 g/mol. The second-order valence-corrected chi connectivity index (χ2v) is 9.41. The topological polar surface area (TPSA) is 122 Å². The van der Waals surface area contributed by atoms with Gasteiger partial charge in [0.2, 0.25) is 11.9 Å². The molecule has 9 nitrogen and oxygen atoms in total. The molecule has 0 saturated carbocycles. The van der Waals surface area contributed by atoms with Gasteiger partial charge < -0.3 is 16.8 Å². The number of hydrogen-bond donors (Lipinski definition) is 3. The van der Waals surface area contributed by atoms with Gasteiger partial charge in [-0.2, -0.15) is 4.98 Å². The number of hydrogen-bond acceptors (Lipinski definition) is 8. The molecule has 0 fully saturated rings. The fraction of sp³-hybridized carbons (Fsp3) is 0.208. The molecule has 3 rings (SSSR count). The first kappa shape index (κ1) is 29.1. The van der Waals surface area contributed by atoms with E-state index >= 15 is 0 Å². The van der Waals surface area contributed by atoms with Crippen LogP contribution in [-0.4, -0.2) is 30.9 Å². The van der Waals surface area contributed by atoms with Crippen molar-refractivity contribution in [3.8, 4) is 18.1 Å². The minimum atomic E-state index is -4.09. The van der Waals surface area contributed by atoms with Crippen molar-refractivity contribution >= 4 is 39.1 Å². The van der Waals surface area contributed by atoms with Gasteiger partial charge in [0, 0.05) is 17.3 Å². The minimum absolute atomic E-state index is 0. The third kappa shape index (κ3) is 7.66. The van der Waals surface area contributed by atoms with Crippen LogP contribution in [0.2, 0.25) is 0 Å². The first-order valence-corrected chi connectivity index (χ1v) is 12.0. The van der Waals surface area contributed by atoms with Crippen molar-refractivity contribution in [1.29, 1.82) is 0 Å². The quantitative estimate of drug-likeness (QED) is 0.282. The molecule has 0 bridgehead atoms. The van der Waals surface area contributed by atoms with E-state index in [1.165, 1.54) is 6.07 Å². The molecule has 0 unspecified atom stereocenters. The number of carbonyl (C=O) groups excluding carboxylic acids is 1. The second kappa shape index (κ2) is 12.7. The van der Waals surface area contributed by atoms with Crippen molar-refractivity contribution in [2.24, 2.45) is 5.92 Å². The average Bonchev–Trinajstić information content (AvgIpc) is 2.81. The van der Waals surface area contributed by atoms with E-state index in [0.29, 0.717) is 22.7 Å². The standard InChI is InChI=1S/C24H24FN5O4S.Na.H/c1-5-12-34-19-10-8-17(9-11-19)27-22-20(25)14-26-24(29-22)28-18-7-6-16(4)21(13-18)35(32,33)30-23(31)15(2)3;;/h1,6-11,13-15H,12H2,2-4H3,(H,30,31)(H2,26,27,28,29);;/q;+1;-1. The fourth-order valence-corrected chi connectivity index (χ4v) is 4.20. The van der Waals surface area contributed by atoms with Crippen LogP contribution in [0.3, 0.4) is 0 Å². The SMILES string of the molecule is C#CCOc1ccc(Nc2nc(Nc3ccc(C)c(S(=O)(=O)NC(=O)C(C)C)c3)ncc2F)cc1.[H-].[Na+]. The maximum atomic E-state index is 14.3. The summed E-state index contributed by atoms with van der Waals surface area (Å²) in [4.78, 5) is 19.9. The van der Waals surface area contributed by atoms with Gasteiger partial charge in [-0.3, -0.25) is 4.79 Å². The Bertz CT molecular complexity index is 1380. The molecule has 1 aromatic heterocycles. The van der Waals surface area contributed by atoms with E-state index in [2.05, 4.69) is 31.2 Å². The molecule has 0 aliphatic rings. The Balaban J connectivity index is 0.00000342. The van der Waals surface area contributed by atoms with Crippen LogP contribution < -0.4 is 49.6 Å². The van der Waals surface area contributed by atoms with Crippen molar-refractivity contribution in [1.82, 2.24) is 14.7 Å². The number of ether oxygens (including phenoxy) is 1. The zero-order valence-electron chi connectivity index (χ0n) is 21.3. The van der Waals surface area contributed by atoms with Crippen LogP contribution in [0.5, 0.6) is 5.75 Å². The molecule has 0 spiro atoms. The molecule has 3 aromatic rings. The molecule has 0 atom stereocenters. The van der Waals surface area contributed by atoms with Crippen LogP contribution in [0, 0.1) is 31.0 Å². The van der Waals surface area contributed by atoms with Crippen molar-refractivity contribution in [2.75, 3.05) is 17.2 Å². The minimum Gasteiger partial charge on any atom is -1.00 e. The van der Waals surface area contributed by atoms with Crippen LogP contribution in [-0.2, 0) is 14.8 Å². The van der Waals surface area contributed by atoms with Gasteiger partial charge in [0.1, 0.15) is 12.4 Å². The Morgan fingerprint density at radius 3 is 2.47 bits per heavy atom. The van der Waals surface area contributed by atoms with Crippen molar-refractivity contribution < 1.29 is 53.3 Å². The summed E-state index contributed by atoms with van der Waals surface area (Å²) < 4.78 is 47.1. The molecule has 0 aliphatic heterocycles. The predicted molar refractivity (Wildman–Crippen MR) is 132 cm³/mol. The molecule has 0 saturated heterocycles. The number of rotatable bonds is 9. The van der Waals surface area contributed by atoms with Gasteiger partial charge in [-0.25, -0.2) is 22.5 Å². The van der Waals surface area contributed by atoms with Gasteiger partial charge in [0.05, 0.1) is 11.1 Å². The predicted octanol–water partition coefficient (Wildman–Crippen LogP) is 1.00. The second-order valence-electron chi connectivity index (χ2n) is 7.76. The fourth-order valence-electron chi connectivity index (χ4n) is 2.81. The van der Waals surface area contributed by atoms with E-state index in [1.54, 1.807) is 57.2 Å². The number of nitrogens with zero attached hydrogens (tertiary/aromatic N) is 2. The summed E-state index contributed by atoms with van der Waals surface area (Å²) in [6.07, 6.45) is 6.15. The third-order valence-corrected chi connectivity index (χ3v) is 6.17. The first-order valence-electron chi connectivity index (χ1n) is 10.5. The van der Waals surface area contributed by atoms with Gasteiger partial charge in [-0.1, -0.05) is 25.8 Å². The zero-order chi connectivity index (χ0) is 25.6. The van der Waals surface area contributed by atoms with E-state index in [4.69, 9.17) is 11.2 Å². The van der Waals surface area contributed by atoms with Crippen molar-refractivity contribution in [2.45, 2.75) is 25.7 Å². The third-order valence-electron chi connectivity index (χ3n) is 4.68. The largest absolute Gasteiger partial charge is 1.00 e. The van der Waals surface area contributed by atoms with Crippen molar-refractivity contribution in [3.63, 3.8) is 0 Å². The molecule has 0 radical (unpaired) electrons. The normalized spacial score (nSPS) is 10.7. The van der Waals surface area contributed by atoms with Crippen LogP contribution in [0.1, 0.15) is 20.8 Å². The maximum absolute atomic E-state index is 14.3. The van der Waals surface area contributed by atoms with Crippen LogP contribution in [0.4, 0.5) is 27.5 Å². The zero-order valence-corrected chi connectivity index (χ0v) is 23.1. The van der Waals surface area contributed by atoms with E-state index < -0.39 is 27.7 Å². The van der Waals surface area contributed by atoms with E-state index in [9.17, 15) is 17.6 Å². The molecular weight excluding hydrogens is 496 g/mol. The van der Waals surface area contributed by atoms with E-state index in [1.807, 2.05) is 0 Å². The number of aromatic nitrogens is 2. The molecular formula is C24H25FN5NaO4S. The number of carbonyl (C=O) groups is 1.